The highest BCUT2D eigenvalue weighted by Crippen LogP contribution is 2.57. The number of esters is 4. The Morgan fingerprint density at radius 3 is 1.27 bits per heavy atom. The Hall–Kier alpha value is -8.72. The third-order valence-electron chi connectivity index (χ3n) is 14.4. The molecule has 0 saturated heterocycles. The number of unbranched alkanes of at least 4 members (excludes halogenated alkanes) is 2. The largest absolute Gasteiger partial charge is 0.494 e. The first-order chi connectivity index (χ1) is 39.5. The molecule has 14 heteroatoms. The second kappa shape index (κ2) is 25.6. The molecule has 0 radical (unpaired) electrons. The Bertz CT molecular complexity index is 3490. The molecule has 2 aliphatic rings. The van der Waals surface area contributed by atoms with Gasteiger partial charge in [0.1, 0.15) is 23.0 Å². The van der Waals surface area contributed by atoms with E-state index in [1.54, 1.807) is 72.8 Å². The van der Waals surface area contributed by atoms with Gasteiger partial charge in [-0.3, -0.25) is 9.59 Å². The molecule has 0 N–H and O–H groups in total. The number of rotatable bonds is 22. The number of benzene rings is 8. The Morgan fingerprint density at radius 1 is 0.457 bits per heavy atom. The lowest BCUT2D eigenvalue weighted by atomic mass is 9.76. The van der Waals surface area contributed by atoms with Crippen molar-refractivity contribution in [1.29, 1.82) is 0 Å². The molecule has 408 valence electrons. The fourth-order valence-electron chi connectivity index (χ4n) is 10.5. The molecule has 1 spiro atoms. The average molecular weight is 1120 g/mol. The lowest BCUT2D eigenvalue weighted by Gasteiger charge is -2.30. The molecular weight excluding hydrogens is 1060 g/mol. The summed E-state index contributed by atoms with van der Waals surface area (Å²) in [5.74, 6) is 0.0870. The van der Waals surface area contributed by atoms with Gasteiger partial charge in [0.25, 0.3) is 0 Å². The monoisotopic (exact) mass is 1120 g/mol. The van der Waals surface area contributed by atoms with Crippen LogP contribution in [0.4, 0.5) is 0 Å². The van der Waals surface area contributed by atoms with E-state index in [2.05, 4.69) is 25.3 Å². The number of hydrogen-bond donors (Lipinski definition) is 0. The highest BCUT2D eigenvalue weighted by Gasteiger charge is 2.48. The Labute approximate surface area is 477 Å². The van der Waals surface area contributed by atoms with Crippen molar-refractivity contribution in [2.24, 2.45) is 0 Å². The fourth-order valence-corrected chi connectivity index (χ4v) is 12.5. The number of hydrogen-bond acceptors (Lipinski definition) is 14. The van der Waals surface area contributed by atoms with Crippen molar-refractivity contribution in [3.05, 3.63) is 228 Å². The molecule has 0 aliphatic heterocycles. The van der Waals surface area contributed by atoms with Crippen LogP contribution in [0.2, 0.25) is 0 Å². The van der Waals surface area contributed by atoms with Crippen LogP contribution in [0.5, 0.6) is 23.0 Å². The van der Waals surface area contributed by atoms with E-state index in [4.69, 9.17) is 28.4 Å². The van der Waals surface area contributed by atoms with Gasteiger partial charge in [-0.2, -0.15) is 0 Å². The van der Waals surface area contributed by atoms with Gasteiger partial charge in [0, 0.05) is 49.3 Å². The van der Waals surface area contributed by atoms with Crippen LogP contribution in [0.15, 0.2) is 193 Å². The molecule has 0 fully saturated rings. The second-order valence-corrected chi connectivity index (χ2v) is 21.5. The molecule has 2 aliphatic carbocycles. The number of carbonyl (C=O) groups excluding carboxylic acids is 6. The molecule has 0 atom stereocenters. The molecule has 8 aromatic rings. The van der Waals surface area contributed by atoms with E-state index in [-0.39, 0.29) is 10.2 Å². The molecule has 0 amide bonds. The van der Waals surface area contributed by atoms with Crippen molar-refractivity contribution in [2.45, 2.75) is 66.6 Å². The average Bonchev–Trinajstić information content (AvgIpc) is 4.09. The highest BCUT2D eigenvalue weighted by atomic mass is 32.2. The van der Waals surface area contributed by atoms with Gasteiger partial charge in [-0.25, -0.2) is 19.2 Å². The third kappa shape index (κ3) is 12.8. The number of ether oxygens (including phenoxy) is 6. The van der Waals surface area contributed by atoms with Crippen LogP contribution >= 0.6 is 23.5 Å². The van der Waals surface area contributed by atoms with Gasteiger partial charge >= 0.3 is 23.9 Å². The summed E-state index contributed by atoms with van der Waals surface area (Å²) in [5.41, 5.74) is 5.68. The zero-order chi connectivity index (χ0) is 56.3. The van der Waals surface area contributed by atoms with E-state index in [9.17, 15) is 28.8 Å². The molecule has 0 heterocycles. The normalized spacial score (nSPS) is 12.7. The summed E-state index contributed by atoms with van der Waals surface area (Å²) in [6.07, 6.45) is 8.32. The molecule has 12 nitrogen and oxygen atoms in total. The van der Waals surface area contributed by atoms with Crippen LogP contribution in [0, 0.1) is 0 Å². The summed E-state index contributed by atoms with van der Waals surface area (Å²) in [4.78, 5) is 79.5. The summed E-state index contributed by atoms with van der Waals surface area (Å²) in [7, 11) is 0. The quantitative estimate of drug-likeness (QED) is 0.0207. The number of fused-ring (bicyclic) bond motifs is 6. The maximum absolute atomic E-state index is 14.1. The first-order valence-electron chi connectivity index (χ1n) is 26.7. The first kappa shape index (κ1) is 55.6. The van der Waals surface area contributed by atoms with Crippen LogP contribution < -0.4 is 18.9 Å². The van der Waals surface area contributed by atoms with Gasteiger partial charge < -0.3 is 28.4 Å². The molecule has 0 unspecified atom stereocenters. The Morgan fingerprint density at radius 2 is 0.852 bits per heavy atom. The minimum absolute atomic E-state index is 0.163. The minimum atomic E-state index is -0.560. The van der Waals surface area contributed by atoms with Gasteiger partial charge in [-0.15, -0.1) is 0 Å². The highest BCUT2D eigenvalue weighted by molar-refractivity contribution is 8.14. The van der Waals surface area contributed by atoms with Crippen LogP contribution in [0.25, 0.3) is 21.5 Å². The smallest absolute Gasteiger partial charge is 0.343 e. The van der Waals surface area contributed by atoms with Crippen molar-refractivity contribution >= 4 is 79.2 Å². The molecule has 0 bridgehead atoms. The summed E-state index contributed by atoms with van der Waals surface area (Å²) >= 11 is 2.36. The van der Waals surface area contributed by atoms with Gasteiger partial charge in [0.15, 0.2) is 0 Å². The first-order valence-corrected chi connectivity index (χ1v) is 28.4. The zero-order valence-electron chi connectivity index (χ0n) is 44.3. The lowest BCUT2D eigenvalue weighted by Crippen LogP contribution is -2.23. The van der Waals surface area contributed by atoms with Crippen LogP contribution in [0.3, 0.4) is 0 Å². The molecule has 10 rings (SSSR count). The number of carbonyl (C=O) groups is 6. The Kier molecular flexibility index (Phi) is 17.6. The van der Waals surface area contributed by atoms with E-state index in [1.165, 1.54) is 34.7 Å². The maximum Gasteiger partial charge on any atom is 0.343 e. The fraction of sp³-hybridized carbons (Fsp3) is 0.194. The SMILES string of the molecule is C=CC(=O)OCCCCOc1ccc2c(OC(=O)c3ccc(C(=O)Sc4cccc5c4C4(CC5)CCc5cccc(SC(=O)c6ccc(C(=O)Oc7cccc8cc(OCCCCOC(=O)C=C)ccc78)cc6)c54)cc3)cccc2c1. The van der Waals surface area contributed by atoms with Gasteiger partial charge in [0.2, 0.25) is 10.2 Å². The summed E-state index contributed by atoms with van der Waals surface area (Å²) in [6, 6.07) is 47.3. The van der Waals surface area contributed by atoms with Crippen LogP contribution in [-0.4, -0.2) is 60.5 Å². The van der Waals surface area contributed by atoms with E-state index in [0.29, 0.717) is 97.4 Å². The van der Waals surface area contributed by atoms with Gasteiger partial charge in [0.05, 0.1) is 37.6 Å². The van der Waals surface area contributed by atoms with Crippen molar-refractivity contribution in [3.8, 4) is 23.0 Å². The minimum Gasteiger partial charge on any atom is -0.494 e. The van der Waals surface area contributed by atoms with Crippen molar-refractivity contribution in [1.82, 2.24) is 0 Å². The van der Waals surface area contributed by atoms with Crippen molar-refractivity contribution in [3.63, 3.8) is 0 Å². The van der Waals surface area contributed by atoms with Gasteiger partial charge in [-0.1, -0.05) is 61.7 Å². The molecule has 81 heavy (non-hydrogen) atoms. The molecule has 8 aromatic carbocycles. The van der Waals surface area contributed by atoms with E-state index in [0.717, 1.165) is 80.3 Å². The van der Waals surface area contributed by atoms with Crippen LogP contribution in [-0.2, 0) is 37.3 Å². The predicted octanol–water partition coefficient (Wildman–Crippen LogP) is 14.3. The van der Waals surface area contributed by atoms with Crippen molar-refractivity contribution in [2.75, 3.05) is 26.4 Å². The number of thioether (sulfide) groups is 2. The summed E-state index contributed by atoms with van der Waals surface area (Å²) in [6.45, 7) is 8.26. The predicted molar refractivity (Wildman–Crippen MR) is 313 cm³/mol. The second-order valence-electron chi connectivity index (χ2n) is 19.5. The zero-order valence-corrected chi connectivity index (χ0v) is 45.9. The maximum atomic E-state index is 14.1. The van der Waals surface area contributed by atoms with Crippen LogP contribution in [0.1, 0.15) is 102 Å². The molecular formula is C67H56O12S2. The molecule has 0 aromatic heterocycles. The van der Waals surface area contributed by atoms with Gasteiger partial charge in [-0.05, 0) is 217 Å². The molecule has 0 saturated carbocycles. The Balaban J connectivity index is 0.764. The van der Waals surface area contributed by atoms with Crippen molar-refractivity contribution < 1.29 is 57.2 Å². The van der Waals surface area contributed by atoms with E-state index < -0.39 is 29.3 Å². The third-order valence-corrected chi connectivity index (χ3v) is 16.4. The lowest BCUT2D eigenvalue weighted by molar-refractivity contribution is -0.138. The topological polar surface area (TPSA) is 158 Å². The summed E-state index contributed by atoms with van der Waals surface area (Å²) in [5, 5.41) is 2.81. The standard InChI is InChI=1S/C67H56O12S2/c1-3-59(68)76-39-7-5-37-74-51-29-31-53-49(41-51)15-9-17-55(53)78-63(70)45-21-25-47(26-22-45)65(72)80-57-19-11-13-43-33-35-67(61(43)57)36-34-44-14-12-20-58(62(44)67)81-66(73)48-27-23-46(24-28-48)64(71)79-56-18-10-16-50-42-52(30-32-54(50)56)75-38-6-8-40-77-60(69)4-2/h3-4,9-32,41-42H,1-2,5-8,33-40H2. The number of aryl methyl sites for hydroxylation is 2. The summed E-state index contributed by atoms with van der Waals surface area (Å²) < 4.78 is 33.6. The van der Waals surface area contributed by atoms with E-state index >= 15 is 0 Å². The van der Waals surface area contributed by atoms with E-state index in [1.807, 2.05) is 72.8 Å².